The molecule has 1 amide bonds. The number of rotatable bonds is 2. The van der Waals surface area contributed by atoms with E-state index in [2.05, 4.69) is 10.3 Å². The van der Waals surface area contributed by atoms with Crippen molar-refractivity contribution in [3.8, 4) is 0 Å². The monoisotopic (exact) mass is 154 g/mol. The summed E-state index contributed by atoms with van der Waals surface area (Å²) in [6, 6.07) is 0. The summed E-state index contributed by atoms with van der Waals surface area (Å²) in [4.78, 5) is 14.9. The number of aryl methyl sites for hydroxylation is 1. The zero-order chi connectivity index (χ0) is 8.27. The topological polar surface area (TPSA) is 55.1 Å². The van der Waals surface area contributed by atoms with Gasteiger partial charge in [0.05, 0.1) is 5.69 Å². The van der Waals surface area contributed by atoms with E-state index in [1.54, 1.807) is 6.92 Å². The molecular formula is C7H10N2O2. The van der Waals surface area contributed by atoms with Gasteiger partial charge in [-0.15, -0.1) is 0 Å². The van der Waals surface area contributed by atoms with E-state index in [1.165, 1.54) is 6.39 Å². The van der Waals surface area contributed by atoms with Crippen LogP contribution in [0.4, 0.5) is 0 Å². The van der Waals surface area contributed by atoms with Crippen molar-refractivity contribution in [3.63, 3.8) is 0 Å². The second-order valence-corrected chi connectivity index (χ2v) is 2.13. The maximum atomic E-state index is 11.1. The normalized spacial score (nSPS) is 9.64. The lowest BCUT2D eigenvalue weighted by atomic mass is 10.3. The molecular weight excluding hydrogens is 144 g/mol. The lowest BCUT2D eigenvalue weighted by Gasteiger charge is -1.96. The summed E-state index contributed by atoms with van der Waals surface area (Å²) in [6.45, 7) is 4.18. The fourth-order valence-electron chi connectivity index (χ4n) is 0.761. The number of carbonyl (C=O) groups is 1. The van der Waals surface area contributed by atoms with Gasteiger partial charge in [0.1, 0.15) is 0 Å². The number of oxazole rings is 1. The van der Waals surface area contributed by atoms with E-state index in [0.29, 0.717) is 18.0 Å². The highest BCUT2D eigenvalue weighted by molar-refractivity contribution is 5.92. The van der Waals surface area contributed by atoms with Gasteiger partial charge >= 0.3 is 0 Å². The average molecular weight is 154 g/mol. The van der Waals surface area contributed by atoms with Crippen LogP contribution in [0.25, 0.3) is 0 Å². The van der Waals surface area contributed by atoms with E-state index >= 15 is 0 Å². The van der Waals surface area contributed by atoms with E-state index in [9.17, 15) is 4.79 Å². The third-order valence-corrected chi connectivity index (χ3v) is 1.29. The molecule has 0 fully saturated rings. The van der Waals surface area contributed by atoms with Gasteiger partial charge in [-0.3, -0.25) is 4.79 Å². The van der Waals surface area contributed by atoms with Crippen LogP contribution in [0, 0.1) is 6.92 Å². The molecule has 0 bridgehead atoms. The molecule has 1 aromatic rings. The molecule has 4 heteroatoms. The van der Waals surface area contributed by atoms with Gasteiger partial charge in [-0.2, -0.15) is 0 Å². The fourth-order valence-corrected chi connectivity index (χ4v) is 0.761. The number of nitrogens with one attached hydrogen (secondary N) is 1. The van der Waals surface area contributed by atoms with Crippen molar-refractivity contribution in [2.24, 2.45) is 0 Å². The predicted octanol–water partition coefficient (Wildman–Crippen LogP) is 0.733. The number of hydrogen-bond donors (Lipinski definition) is 1. The first-order valence-corrected chi connectivity index (χ1v) is 3.44. The number of hydrogen-bond acceptors (Lipinski definition) is 3. The standard InChI is InChI=1S/C7H10N2O2/c1-3-8-7(10)6-5(2)9-4-11-6/h4H,3H2,1-2H3,(H,8,10). The van der Waals surface area contributed by atoms with Crippen LogP contribution in [0.2, 0.25) is 0 Å². The van der Waals surface area contributed by atoms with Gasteiger partial charge in [0.15, 0.2) is 6.39 Å². The number of aromatic nitrogens is 1. The van der Waals surface area contributed by atoms with Crippen molar-refractivity contribution in [1.29, 1.82) is 0 Å². The van der Waals surface area contributed by atoms with Crippen LogP contribution in [0.1, 0.15) is 23.2 Å². The Kier molecular flexibility index (Phi) is 2.25. The molecule has 1 rings (SSSR count). The first-order chi connectivity index (χ1) is 5.25. The Labute approximate surface area is 64.6 Å². The summed E-state index contributed by atoms with van der Waals surface area (Å²) in [5.41, 5.74) is 0.621. The summed E-state index contributed by atoms with van der Waals surface area (Å²) < 4.78 is 4.86. The molecule has 0 aliphatic heterocycles. The molecule has 0 spiro atoms. The van der Waals surface area contributed by atoms with Crippen molar-refractivity contribution in [2.75, 3.05) is 6.54 Å². The summed E-state index contributed by atoms with van der Waals surface area (Å²) in [7, 11) is 0. The van der Waals surface area contributed by atoms with Gasteiger partial charge < -0.3 is 9.73 Å². The molecule has 0 radical (unpaired) electrons. The van der Waals surface area contributed by atoms with Crippen LogP contribution in [-0.4, -0.2) is 17.4 Å². The minimum atomic E-state index is -0.206. The highest BCUT2D eigenvalue weighted by atomic mass is 16.3. The summed E-state index contributed by atoms with van der Waals surface area (Å²) in [6.07, 6.45) is 1.26. The Balaban J connectivity index is 2.76. The fraction of sp³-hybridized carbons (Fsp3) is 0.429. The van der Waals surface area contributed by atoms with Crippen molar-refractivity contribution in [3.05, 3.63) is 17.8 Å². The lowest BCUT2D eigenvalue weighted by molar-refractivity contribution is 0.0927. The Morgan fingerprint density at radius 1 is 1.82 bits per heavy atom. The second-order valence-electron chi connectivity index (χ2n) is 2.13. The van der Waals surface area contributed by atoms with Gasteiger partial charge in [0.2, 0.25) is 5.76 Å². The Hall–Kier alpha value is -1.32. The van der Waals surface area contributed by atoms with E-state index < -0.39 is 0 Å². The van der Waals surface area contributed by atoms with E-state index in [4.69, 9.17) is 4.42 Å². The summed E-state index contributed by atoms with van der Waals surface area (Å²) in [5.74, 6) is 0.0920. The SMILES string of the molecule is CCNC(=O)c1ocnc1C. The molecule has 1 heterocycles. The zero-order valence-corrected chi connectivity index (χ0v) is 6.55. The molecule has 0 aliphatic carbocycles. The largest absolute Gasteiger partial charge is 0.438 e. The van der Waals surface area contributed by atoms with Gasteiger partial charge in [-0.25, -0.2) is 4.98 Å². The van der Waals surface area contributed by atoms with Crippen LogP contribution in [-0.2, 0) is 0 Å². The zero-order valence-electron chi connectivity index (χ0n) is 6.55. The molecule has 1 N–H and O–H groups in total. The molecule has 4 nitrogen and oxygen atoms in total. The van der Waals surface area contributed by atoms with Crippen molar-refractivity contribution >= 4 is 5.91 Å². The molecule has 0 unspecified atom stereocenters. The number of nitrogens with zero attached hydrogens (tertiary/aromatic N) is 1. The first kappa shape index (κ1) is 7.78. The quantitative estimate of drug-likeness (QED) is 0.683. The van der Waals surface area contributed by atoms with Gasteiger partial charge in [-0.05, 0) is 13.8 Å². The van der Waals surface area contributed by atoms with Crippen molar-refractivity contribution in [2.45, 2.75) is 13.8 Å². The van der Waals surface area contributed by atoms with Crippen LogP contribution in [0.15, 0.2) is 10.8 Å². The van der Waals surface area contributed by atoms with Crippen LogP contribution >= 0.6 is 0 Å². The second kappa shape index (κ2) is 3.18. The average Bonchev–Trinajstić information content (AvgIpc) is 2.36. The van der Waals surface area contributed by atoms with Crippen molar-refractivity contribution in [1.82, 2.24) is 10.3 Å². The number of amides is 1. The smallest absolute Gasteiger partial charge is 0.288 e. The predicted molar refractivity (Wildman–Crippen MR) is 39.2 cm³/mol. The van der Waals surface area contributed by atoms with E-state index in [-0.39, 0.29) is 5.91 Å². The highest BCUT2D eigenvalue weighted by Gasteiger charge is 2.11. The molecule has 11 heavy (non-hydrogen) atoms. The number of carbonyl (C=O) groups excluding carboxylic acids is 1. The molecule has 0 aliphatic rings. The Morgan fingerprint density at radius 3 is 3.00 bits per heavy atom. The van der Waals surface area contributed by atoms with Crippen molar-refractivity contribution < 1.29 is 9.21 Å². The minimum absolute atomic E-state index is 0.206. The third-order valence-electron chi connectivity index (χ3n) is 1.29. The maximum absolute atomic E-state index is 11.1. The molecule has 0 atom stereocenters. The molecule has 0 saturated carbocycles. The Morgan fingerprint density at radius 2 is 2.55 bits per heavy atom. The summed E-state index contributed by atoms with van der Waals surface area (Å²) >= 11 is 0. The highest BCUT2D eigenvalue weighted by Crippen LogP contribution is 2.03. The molecule has 0 saturated heterocycles. The molecule has 0 aromatic carbocycles. The van der Waals surface area contributed by atoms with Gasteiger partial charge in [0, 0.05) is 6.54 Å². The Bertz CT molecular complexity index is 255. The van der Waals surface area contributed by atoms with E-state index in [0.717, 1.165) is 0 Å². The van der Waals surface area contributed by atoms with Crippen LogP contribution in [0.3, 0.4) is 0 Å². The van der Waals surface area contributed by atoms with Crippen LogP contribution in [0.5, 0.6) is 0 Å². The molecule has 60 valence electrons. The molecule has 1 aromatic heterocycles. The van der Waals surface area contributed by atoms with Crippen LogP contribution < -0.4 is 5.32 Å². The van der Waals surface area contributed by atoms with E-state index in [1.807, 2.05) is 6.92 Å². The van der Waals surface area contributed by atoms with Gasteiger partial charge in [-0.1, -0.05) is 0 Å². The summed E-state index contributed by atoms with van der Waals surface area (Å²) in [5, 5.41) is 2.62. The maximum Gasteiger partial charge on any atom is 0.288 e. The third kappa shape index (κ3) is 1.58. The first-order valence-electron chi connectivity index (χ1n) is 3.44. The lowest BCUT2D eigenvalue weighted by Crippen LogP contribution is -2.22. The van der Waals surface area contributed by atoms with Gasteiger partial charge in [0.25, 0.3) is 5.91 Å². The minimum Gasteiger partial charge on any atom is -0.438 e.